The van der Waals surface area contributed by atoms with E-state index >= 15 is 0 Å². The van der Waals surface area contributed by atoms with Crippen LogP contribution in [0.15, 0.2) is 36.4 Å². The van der Waals surface area contributed by atoms with Crippen molar-refractivity contribution < 1.29 is 19.4 Å². The van der Waals surface area contributed by atoms with Gasteiger partial charge in [0.2, 0.25) is 0 Å². The average molecular weight is 333 g/mol. The fourth-order valence-electron chi connectivity index (χ4n) is 2.16. The van der Waals surface area contributed by atoms with E-state index in [1.54, 1.807) is 7.05 Å². The predicted octanol–water partition coefficient (Wildman–Crippen LogP) is 3.36. The summed E-state index contributed by atoms with van der Waals surface area (Å²) in [5, 5.41) is 8.67. The minimum atomic E-state index is -0.856. The number of thiophene rings is 1. The molecule has 0 saturated heterocycles. The first-order valence-electron chi connectivity index (χ1n) is 7.23. The Morgan fingerprint density at radius 1 is 1.26 bits per heavy atom. The molecular weight excluding hydrogens is 314 g/mol. The normalized spacial score (nSPS) is 10.3. The molecule has 1 N–H and O–H groups in total. The maximum absolute atomic E-state index is 12.6. The lowest BCUT2D eigenvalue weighted by atomic mass is 10.2. The number of carboxylic acid groups (broad SMARTS) is 1. The topological polar surface area (TPSA) is 66.8 Å². The third-order valence-electron chi connectivity index (χ3n) is 3.40. The van der Waals surface area contributed by atoms with E-state index in [9.17, 15) is 9.59 Å². The summed E-state index contributed by atoms with van der Waals surface area (Å²) in [7, 11) is 3.21. The number of carbonyl (C=O) groups is 2. The highest BCUT2D eigenvalue weighted by atomic mass is 32.1. The summed E-state index contributed by atoms with van der Waals surface area (Å²) in [4.78, 5) is 26.1. The maximum atomic E-state index is 12.6. The van der Waals surface area contributed by atoms with Crippen LogP contribution in [0.25, 0.3) is 10.4 Å². The predicted molar refractivity (Wildman–Crippen MR) is 90.1 cm³/mol. The largest absolute Gasteiger partial charge is 0.495 e. The molecule has 0 aliphatic rings. The molecule has 0 fully saturated rings. The van der Waals surface area contributed by atoms with Crippen LogP contribution in [0.2, 0.25) is 0 Å². The summed E-state index contributed by atoms with van der Waals surface area (Å²) < 4.78 is 5.33. The molecule has 1 heterocycles. The van der Waals surface area contributed by atoms with E-state index in [0.29, 0.717) is 23.6 Å². The molecular formula is C17H19NO4S. The molecule has 1 amide bonds. The van der Waals surface area contributed by atoms with Crippen molar-refractivity contribution in [3.8, 4) is 16.2 Å². The summed E-state index contributed by atoms with van der Waals surface area (Å²) >= 11 is 1.38. The number of hydrogen-bond donors (Lipinski definition) is 1. The summed E-state index contributed by atoms with van der Waals surface area (Å²) in [5.74, 6) is -0.464. The van der Waals surface area contributed by atoms with Crippen molar-refractivity contribution in [3.63, 3.8) is 0 Å². The van der Waals surface area contributed by atoms with Gasteiger partial charge in [-0.15, -0.1) is 11.3 Å². The molecule has 0 saturated carbocycles. The smallest absolute Gasteiger partial charge is 0.303 e. The molecule has 0 spiro atoms. The van der Waals surface area contributed by atoms with Gasteiger partial charge in [-0.25, -0.2) is 0 Å². The average Bonchev–Trinajstić information content (AvgIpc) is 2.98. The standard InChI is InChI=1S/C17H19NO4S/c1-18(10-6-9-15(19)20)17(21)16-13(22-2)11-14(23-16)12-7-4-3-5-8-12/h3-5,7-8,11H,6,9-10H2,1-2H3,(H,19,20). The molecule has 23 heavy (non-hydrogen) atoms. The van der Waals surface area contributed by atoms with Crippen molar-refractivity contribution >= 4 is 23.2 Å². The fraction of sp³-hybridized carbons (Fsp3) is 0.294. The van der Waals surface area contributed by atoms with Crippen molar-refractivity contribution in [2.24, 2.45) is 0 Å². The molecule has 2 aromatic rings. The van der Waals surface area contributed by atoms with Crippen LogP contribution in [0, 0.1) is 0 Å². The highest BCUT2D eigenvalue weighted by Crippen LogP contribution is 2.36. The maximum Gasteiger partial charge on any atom is 0.303 e. The van der Waals surface area contributed by atoms with Gasteiger partial charge in [-0.3, -0.25) is 9.59 Å². The summed E-state index contributed by atoms with van der Waals surface area (Å²) in [6.07, 6.45) is 0.477. The Hall–Kier alpha value is -2.34. The Balaban J connectivity index is 2.16. The van der Waals surface area contributed by atoms with E-state index in [0.717, 1.165) is 10.4 Å². The van der Waals surface area contributed by atoms with Crippen molar-refractivity contribution in [2.75, 3.05) is 20.7 Å². The number of aliphatic carboxylic acids is 1. The summed E-state index contributed by atoms with van der Waals surface area (Å²) in [6.45, 7) is 0.396. The molecule has 122 valence electrons. The molecule has 1 aromatic heterocycles. The molecule has 0 atom stereocenters. The minimum absolute atomic E-state index is 0.0501. The van der Waals surface area contributed by atoms with E-state index in [1.807, 2.05) is 36.4 Å². The van der Waals surface area contributed by atoms with Gasteiger partial charge in [-0.1, -0.05) is 30.3 Å². The van der Waals surface area contributed by atoms with E-state index in [1.165, 1.54) is 23.3 Å². The Morgan fingerprint density at radius 3 is 2.57 bits per heavy atom. The Labute approximate surface area is 139 Å². The van der Waals surface area contributed by atoms with E-state index in [-0.39, 0.29) is 12.3 Å². The number of amides is 1. The van der Waals surface area contributed by atoms with E-state index in [4.69, 9.17) is 9.84 Å². The van der Waals surface area contributed by atoms with Crippen LogP contribution >= 0.6 is 11.3 Å². The van der Waals surface area contributed by atoms with Crippen LogP contribution < -0.4 is 4.74 Å². The third-order valence-corrected chi connectivity index (χ3v) is 4.55. The van der Waals surface area contributed by atoms with Crippen molar-refractivity contribution in [2.45, 2.75) is 12.8 Å². The van der Waals surface area contributed by atoms with Crippen LogP contribution in [-0.4, -0.2) is 42.6 Å². The monoisotopic (exact) mass is 333 g/mol. The van der Waals surface area contributed by atoms with E-state index < -0.39 is 5.97 Å². The number of benzene rings is 1. The van der Waals surface area contributed by atoms with Gasteiger partial charge in [0, 0.05) is 24.9 Å². The van der Waals surface area contributed by atoms with E-state index in [2.05, 4.69) is 0 Å². The zero-order valence-electron chi connectivity index (χ0n) is 13.1. The highest BCUT2D eigenvalue weighted by molar-refractivity contribution is 7.17. The zero-order chi connectivity index (χ0) is 16.8. The van der Waals surface area contributed by atoms with Gasteiger partial charge >= 0.3 is 5.97 Å². The second kappa shape index (κ2) is 7.78. The number of methoxy groups -OCH3 is 1. The highest BCUT2D eigenvalue weighted by Gasteiger charge is 2.21. The SMILES string of the molecule is COc1cc(-c2ccccc2)sc1C(=O)N(C)CCCC(=O)O. The quantitative estimate of drug-likeness (QED) is 0.844. The van der Waals surface area contributed by atoms with Gasteiger partial charge in [-0.2, -0.15) is 0 Å². The van der Waals surface area contributed by atoms with Gasteiger partial charge in [0.05, 0.1) is 7.11 Å². The Bertz CT molecular complexity index is 681. The number of ether oxygens (including phenoxy) is 1. The van der Waals surface area contributed by atoms with Crippen molar-refractivity contribution in [1.82, 2.24) is 4.90 Å². The number of carbonyl (C=O) groups excluding carboxylic acids is 1. The first-order chi connectivity index (χ1) is 11.0. The van der Waals surface area contributed by atoms with Crippen LogP contribution in [0.1, 0.15) is 22.5 Å². The van der Waals surface area contributed by atoms with Crippen LogP contribution in [-0.2, 0) is 4.79 Å². The first kappa shape index (κ1) is 17.0. The van der Waals surface area contributed by atoms with Gasteiger partial charge in [0.25, 0.3) is 5.91 Å². The third kappa shape index (κ3) is 4.32. The lowest BCUT2D eigenvalue weighted by Gasteiger charge is -2.16. The molecule has 0 aliphatic heterocycles. The van der Waals surface area contributed by atoms with Gasteiger partial charge in [-0.05, 0) is 18.1 Å². The molecule has 6 heteroatoms. The first-order valence-corrected chi connectivity index (χ1v) is 8.05. The Morgan fingerprint density at radius 2 is 1.96 bits per heavy atom. The summed E-state index contributed by atoms with van der Waals surface area (Å²) in [6, 6.07) is 11.7. The summed E-state index contributed by atoms with van der Waals surface area (Å²) in [5.41, 5.74) is 1.03. The van der Waals surface area contributed by atoms with Crippen LogP contribution in [0.5, 0.6) is 5.75 Å². The van der Waals surface area contributed by atoms with Gasteiger partial charge in [0.15, 0.2) is 0 Å². The molecule has 2 rings (SSSR count). The lowest BCUT2D eigenvalue weighted by molar-refractivity contribution is -0.137. The van der Waals surface area contributed by atoms with Gasteiger partial charge < -0.3 is 14.7 Å². The molecule has 0 aliphatic carbocycles. The number of nitrogens with zero attached hydrogens (tertiary/aromatic N) is 1. The molecule has 5 nitrogen and oxygen atoms in total. The zero-order valence-corrected chi connectivity index (χ0v) is 13.9. The Kier molecular flexibility index (Phi) is 5.76. The second-order valence-electron chi connectivity index (χ2n) is 5.10. The molecule has 1 aromatic carbocycles. The molecule has 0 unspecified atom stereocenters. The van der Waals surface area contributed by atoms with Crippen LogP contribution in [0.3, 0.4) is 0 Å². The minimum Gasteiger partial charge on any atom is -0.495 e. The second-order valence-corrected chi connectivity index (χ2v) is 6.15. The fourth-order valence-corrected chi connectivity index (χ4v) is 3.29. The molecule has 0 radical (unpaired) electrons. The van der Waals surface area contributed by atoms with Crippen molar-refractivity contribution in [3.05, 3.63) is 41.3 Å². The molecule has 0 bridgehead atoms. The number of carboxylic acids is 1. The van der Waals surface area contributed by atoms with Crippen molar-refractivity contribution in [1.29, 1.82) is 0 Å². The van der Waals surface area contributed by atoms with Gasteiger partial charge in [0.1, 0.15) is 10.6 Å². The number of hydrogen-bond acceptors (Lipinski definition) is 4. The lowest BCUT2D eigenvalue weighted by Crippen LogP contribution is -2.27. The number of rotatable bonds is 7. The van der Waals surface area contributed by atoms with Crippen LogP contribution in [0.4, 0.5) is 0 Å².